The molecule has 2 heterocycles. The number of carbonyl (C=O) groups is 1. The zero-order chi connectivity index (χ0) is 19.9. The zero-order valence-corrected chi connectivity index (χ0v) is 17.1. The summed E-state index contributed by atoms with van der Waals surface area (Å²) < 4.78 is 18.7. The highest BCUT2D eigenvalue weighted by Crippen LogP contribution is 2.18. The van der Waals surface area contributed by atoms with Gasteiger partial charge in [-0.05, 0) is 43.9 Å². The number of nitrogens with one attached hydrogen (secondary N) is 1. The Balaban J connectivity index is 1.53. The number of hydrogen-bond acceptors (Lipinski definition) is 3. The molecule has 0 aliphatic carbocycles. The summed E-state index contributed by atoms with van der Waals surface area (Å²) in [6.07, 6.45) is 2.18. The van der Waals surface area contributed by atoms with Crippen LogP contribution >= 0.6 is 11.6 Å². The summed E-state index contributed by atoms with van der Waals surface area (Å²) in [6.45, 7) is 6.87. The molecule has 1 aromatic rings. The monoisotopic (exact) mass is 410 g/mol. The van der Waals surface area contributed by atoms with Crippen molar-refractivity contribution < 1.29 is 13.9 Å². The maximum absolute atomic E-state index is 13.2. The van der Waals surface area contributed by atoms with E-state index in [1.165, 1.54) is 12.1 Å². The lowest BCUT2D eigenvalue weighted by Gasteiger charge is -2.37. The van der Waals surface area contributed by atoms with E-state index < -0.39 is 0 Å². The van der Waals surface area contributed by atoms with Crippen LogP contribution in [0.25, 0.3) is 0 Å². The molecule has 8 heteroatoms. The Kier molecular flexibility index (Phi) is 7.50. The van der Waals surface area contributed by atoms with Gasteiger partial charge in [0.1, 0.15) is 11.9 Å². The van der Waals surface area contributed by atoms with Gasteiger partial charge in [0.05, 0.1) is 0 Å². The first-order chi connectivity index (χ1) is 13.6. The summed E-state index contributed by atoms with van der Waals surface area (Å²) in [7, 11) is 0. The van der Waals surface area contributed by atoms with Crippen molar-refractivity contribution in [2.24, 2.45) is 4.99 Å². The van der Waals surface area contributed by atoms with Gasteiger partial charge in [0.15, 0.2) is 5.96 Å². The van der Waals surface area contributed by atoms with Crippen LogP contribution in [0.15, 0.2) is 23.2 Å². The first-order valence-corrected chi connectivity index (χ1v) is 10.3. The quantitative estimate of drug-likeness (QED) is 0.598. The van der Waals surface area contributed by atoms with E-state index in [4.69, 9.17) is 21.3 Å². The fraction of sp³-hybridized carbons (Fsp3) is 0.600. The highest BCUT2D eigenvalue weighted by Gasteiger charge is 2.30. The molecule has 2 fully saturated rings. The maximum Gasteiger partial charge on any atom is 0.251 e. The van der Waals surface area contributed by atoms with Crippen LogP contribution in [-0.4, -0.2) is 73.6 Å². The maximum atomic E-state index is 13.2. The first kappa shape index (κ1) is 20.9. The molecule has 1 unspecified atom stereocenters. The van der Waals surface area contributed by atoms with Crippen molar-refractivity contribution in [2.75, 3.05) is 45.9 Å². The molecule has 3 rings (SSSR count). The van der Waals surface area contributed by atoms with E-state index in [0.717, 1.165) is 44.0 Å². The average Bonchev–Trinajstić information content (AvgIpc) is 3.23. The van der Waals surface area contributed by atoms with Gasteiger partial charge in [-0.2, -0.15) is 0 Å². The fourth-order valence-corrected chi connectivity index (χ4v) is 3.81. The van der Waals surface area contributed by atoms with Crippen molar-refractivity contribution in [3.63, 3.8) is 0 Å². The minimum atomic E-state index is -0.332. The van der Waals surface area contributed by atoms with Crippen LogP contribution in [0.1, 0.15) is 25.3 Å². The fourth-order valence-electron chi connectivity index (χ4n) is 3.55. The number of halogens is 2. The van der Waals surface area contributed by atoms with Gasteiger partial charge in [-0.3, -0.25) is 9.79 Å². The number of amides is 1. The van der Waals surface area contributed by atoms with E-state index in [-0.39, 0.29) is 17.8 Å². The second-order valence-corrected chi connectivity index (χ2v) is 7.44. The lowest BCUT2D eigenvalue weighted by Crippen LogP contribution is -2.55. The number of rotatable bonds is 5. The Bertz CT molecular complexity index is 701. The van der Waals surface area contributed by atoms with Crippen molar-refractivity contribution in [2.45, 2.75) is 32.3 Å². The molecule has 2 aliphatic heterocycles. The average molecular weight is 411 g/mol. The highest BCUT2D eigenvalue weighted by molar-refractivity contribution is 6.31. The van der Waals surface area contributed by atoms with Crippen LogP contribution in [0.5, 0.6) is 0 Å². The third-order valence-corrected chi connectivity index (χ3v) is 5.44. The standard InChI is InChI=1S/C20H28ClFN4O2/c1-2-23-20(24-8-7-15-5-6-16(22)14-17(15)21)26-11-9-25(10-12-26)19(27)18-4-3-13-28-18/h5-6,14,18H,2-4,7-13H2,1H3,(H,23,24). The summed E-state index contributed by atoms with van der Waals surface area (Å²) in [4.78, 5) is 21.3. The zero-order valence-electron chi connectivity index (χ0n) is 16.3. The Morgan fingerprint density at radius 3 is 2.71 bits per heavy atom. The largest absolute Gasteiger partial charge is 0.368 e. The number of carbonyl (C=O) groups excluding carboxylic acids is 1. The predicted molar refractivity (Wildman–Crippen MR) is 108 cm³/mol. The van der Waals surface area contributed by atoms with Crippen LogP contribution in [0.2, 0.25) is 5.02 Å². The highest BCUT2D eigenvalue weighted by atomic mass is 35.5. The van der Waals surface area contributed by atoms with Gasteiger partial charge in [0.25, 0.3) is 5.91 Å². The molecule has 1 aromatic carbocycles. The van der Waals surface area contributed by atoms with Gasteiger partial charge in [0, 0.05) is 50.9 Å². The summed E-state index contributed by atoms with van der Waals surface area (Å²) in [5.41, 5.74) is 0.884. The molecule has 0 bridgehead atoms. The Hall–Kier alpha value is -1.86. The summed E-state index contributed by atoms with van der Waals surface area (Å²) in [5.74, 6) is 0.621. The molecule has 1 N–H and O–H groups in total. The SMILES string of the molecule is CCNC(=NCCc1ccc(F)cc1Cl)N1CCN(C(=O)C2CCCO2)CC1. The van der Waals surface area contributed by atoms with Crippen molar-refractivity contribution >= 4 is 23.5 Å². The molecule has 1 atom stereocenters. The Labute approximate surface area is 170 Å². The Morgan fingerprint density at radius 1 is 1.32 bits per heavy atom. The summed E-state index contributed by atoms with van der Waals surface area (Å²) in [6, 6.07) is 4.45. The molecule has 1 amide bonds. The molecule has 28 heavy (non-hydrogen) atoms. The first-order valence-electron chi connectivity index (χ1n) is 9.96. The minimum absolute atomic E-state index is 0.116. The normalized spacial score (nSPS) is 20.5. The third kappa shape index (κ3) is 5.35. The molecule has 0 aromatic heterocycles. The number of piperazine rings is 1. The molecule has 0 radical (unpaired) electrons. The number of guanidine groups is 1. The smallest absolute Gasteiger partial charge is 0.251 e. The van der Waals surface area contributed by atoms with Gasteiger partial charge in [0.2, 0.25) is 0 Å². The Morgan fingerprint density at radius 2 is 2.07 bits per heavy atom. The second-order valence-electron chi connectivity index (χ2n) is 7.04. The van der Waals surface area contributed by atoms with Crippen LogP contribution in [0, 0.1) is 5.82 Å². The summed E-state index contributed by atoms with van der Waals surface area (Å²) in [5, 5.41) is 3.75. The van der Waals surface area contributed by atoms with Crippen molar-refractivity contribution in [3.8, 4) is 0 Å². The van der Waals surface area contributed by atoms with Gasteiger partial charge >= 0.3 is 0 Å². The van der Waals surface area contributed by atoms with E-state index in [9.17, 15) is 9.18 Å². The molecule has 0 spiro atoms. The van der Waals surface area contributed by atoms with E-state index in [0.29, 0.717) is 37.7 Å². The van der Waals surface area contributed by atoms with E-state index in [1.54, 1.807) is 6.07 Å². The van der Waals surface area contributed by atoms with Gasteiger partial charge in [-0.15, -0.1) is 0 Å². The molecule has 2 aliphatic rings. The minimum Gasteiger partial charge on any atom is -0.368 e. The molecular formula is C20H28ClFN4O2. The molecular weight excluding hydrogens is 383 g/mol. The van der Waals surface area contributed by atoms with Gasteiger partial charge in [-0.1, -0.05) is 17.7 Å². The number of benzene rings is 1. The van der Waals surface area contributed by atoms with Gasteiger partial charge < -0.3 is 19.9 Å². The topological polar surface area (TPSA) is 57.2 Å². The van der Waals surface area contributed by atoms with Crippen molar-refractivity contribution in [3.05, 3.63) is 34.6 Å². The lowest BCUT2D eigenvalue weighted by molar-refractivity contribution is -0.142. The number of nitrogens with zero attached hydrogens (tertiary/aromatic N) is 3. The lowest BCUT2D eigenvalue weighted by atomic mass is 10.1. The number of aliphatic imine (C=N–C) groups is 1. The van der Waals surface area contributed by atoms with E-state index in [1.807, 2.05) is 11.8 Å². The molecule has 2 saturated heterocycles. The van der Waals surface area contributed by atoms with Crippen LogP contribution < -0.4 is 5.32 Å². The number of ether oxygens (including phenoxy) is 1. The predicted octanol–water partition coefficient (Wildman–Crippen LogP) is 2.31. The molecule has 0 saturated carbocycles. The number of hydrogen-bond donors (Lipinski definition) is 1. The van der Waals surface area contributed by atoms with Crippen LogP contribution in [-0.2, 0) is 16.0 Å². The van der Waals surface area contributed by atoms with E-state index in [2.05, 4.69) is 10.2 Å². The van der Waals surface area contributed by atoms with Crippen molar-refractivity contribution in [1.82, 2.24) is 15.1 Å². The summed E-state index contributed by atoms with van der Waals surface area (Å²) >= 11 is 6.09. The third-order valence-electron chi connectivity index (χ3n) is 5.09. The van der Waals surface area contributed by atoms with Crippen LogP contribution in [0.3, 0.4) is 0 Å². The molecule has 154 valence electrons. The van der Waals surface area contributed by atoms with Crippen LogP contribution in [0.4, 0.5) is 4.39 Å². The van der Waals surface area contributed by atoms with E-state index >= 15 is 0 Å². The second kappa shape index (κ2) is 10.1. The van der Waals surface area contributed by atoms with Crippen molar-refractivity contribution in [1.29, 1.82) is 0 Å². The molecule has 6 nitrogen and oxygen atoms in total. The van der Waals surface area contributed by atoms with Gasteiger partial charge in [-0.25, -0.2) is 4.39 Å².